The molecule has 2 rings (SSSR count). The van der Waals surface area contributed by atoms with Gasteiger partial charge in [0.2, 0.25) is 0 Å². The Balaban J connectivity index is 2.61. The number of allylic oxidation sites excluding steroid dienone is 1. The molecule has 0 amide bonds. The van der Waals surface area contributed by atoms with Gasteiger partial charge in [-0.1, -0.05) is 6.08 Å². The monoisotopic (exact) mass is 218 g/mol. The van der Waals surface area contributed by atoms with Crippen molar-refractivity contribution in [1.29, 1.82) is 0 Å². The first-order valence-corrected chi connectivity index (χ1v) is 4.77. The van der Waals surface area contributed by atoms with Gasteiger partial charge in [0, 0.05) is 12.0 Å². The van der Waals surface area contributed by atoms with Crippen LogP contribution in [0, 0.1) is 0 Å². The minimum atomic E-state index is -1.01. The topological polar surface area (TPSA) is 63.6 Å². The molecule has 0 aliphatic heterocycles. The molecule has 0 unspecified atom stereocenters. The maximum atomic E-state index is 11.3. The third kappa shape index (κ3) is 1.69. The van der Waals surface area contributed by atoms with Crippen LogP contribution in [0.1, 0.15) is 21.5 Å². The highest BCUT2D eigenvalue weighted by atomic mass is 16.5. The summed E-state index contributed by atoms with van der Waals surface area (Å²) in [5.41, 5.74) is 1.64. The van der Waals surface area contributed by atoms with Crippen molar-refractivity contribution in [2.75, 3.05) is 7.11 Å². The van der Waals surface area contributed by atoms with E-state index in [1.807, 2.05) is 0 Å². The van der Waals surface area contributed by atoms with Crippen LogP contribution in [0.3, 0.4) is 0 Å². The van der Waals surface area contributed by atoms with Crippen molar-refractivity contribution in [3.63, 3.8) is 0 Å². The third-order valence-corrected chi connectivity index (χ3v) is 2.51. The first kappa shape index (κ1) is 10.4. The normalized spacial score (nSPS) is 13.4. The van der Waals surface area contributed by atoms with E-state index in [4.69, 9.17) is 9.84 Å². The molecule has 0 bridgehead atoms. The molecule has 0 fully saturated rings. The number of rotatable bonds is 2. The van der Waals surface area contributed by atoms with Gasteiger partial charge in [0.1, 0.15) is 5.75 Å². The van der Waals surface area contributed by atoms with Gasteiger partial charge >= 0.3 is 5.97 Å². The number of carbonyl (C=O) groups is 2. The maximum absolute atomic E-state index is 11.3. The van der Waals surface area contributed by atoms with Gasteiger partial charge in [0.05, 0.1) is 12.7 Å². The highest BCUT2D eigenvalue weighted by Gasteiger charge is 2.18. The average molecular weight is 218 g/mol. The standard InChI is InChI=1S/C12H10O4/c1-16-11-5-8(12(14)15)4-7-2-3-9(13)6-10(7)11/h2-5H,6H2,1H3,(H,14,15). The van der Waals surface area contributed by atoms with E-state index in [0.717, 1.165) is 11.1 Å². The second-order valence-electron chi connectivity index (χ2n) is 3.53. The number of carboxylic acids is 1. The predicted octanol–water partition coefficient (Wildman–Crippen LogP) is 1.53. The number of aromatic carboxylic acids is 1. The second-order valence-corrected chi connectivity index (χ2v) is 3.53. The van der Waals surface area contributed by atoms with Crippen LogP contribution in [-0.4, -0.2) is 24.0 Å². The van der Waals surface area contributed by atoms with Crippen LogP contribution in [0.4, 0.5) is 0 Å². The Kier molecular flexibility index (Phi) is 2.48. The Hall–Kier alpha value is -2.10. The molecule has 16 heavy (non-hydrogen) atoms. The van der Waals surface area contributed by atoms with Crippen LogP contribution in [0.25, 0.3) is 6.08 Å². The lowest BCUT2D eigenvalue weighted by atomic mass is 9.93. The fourth-order valence-electron chi connectivity index (χ4n) is 1.73. The number of carboxylic acid groups (broad SMARTS) is 1. The molecule has 0 atom stereocenters. The summed E-state index contributed by atoms with van der Waals surface area (Å²) < 4.78 is 5.10. The number of methoxy groups -OCH3 is 1. The summed E-state index contributed by atoms with van der Waals surface area (Å²) >= 11 is 0. The van der Waals surface area contributed by atoms with Gasteiger partial charge in [-0.3, -0.25) is 4.79 Å². The fraction of sp³-hybridized carbons (Fsp3) is 0.167. The van der Waals surface area contributed by atoms with E-state index < -0.39 is 5.97 Å². The van der Waals surface area contributed by atoms with Gasteiger partial charge in [-0.05, 0) is 23.8 Å². The van der Waals surface area contributed by atoms with Gasteiger partial charge in [0.25, 0.3) is 0 Å². The third-order valence-electron chi connectivity index (χ3n) is 2.51. The number of ketones is 1. The molecule has 1 aromatic rings. The number of benzene rings is 1. The molecule has 0 aromatic heterocycles. The van der Waals surface area contributed by atoms with Gasteiger partial charge in [-0.25, -0.2) is 4.79 Å². The summed E-state index contributed by atoms with van der Waals surface area (Å²) in [5.74, 6) is -0.562. The molecule has 0 heterocycles. The fourth-order valence-corrected chi connectivity index (χ4v) is 1.73. The SMILES string of the molecule is COc1cc(C(=O)O)cc2c1CC(=O)C=C2. The van der Waals surface area contributed by atoms with Crippen LogP contribution in [0.2, 0.25) is 0 Å². The predicted molar refractivity (Wildman–Crippen MR) is 57.7 cm³/mol. The van der Waals surface area contributed by atoms with Gasteiger partial charge in [0.15, 0.2) is 5.78 Å². The number of hydrogen-bond donors (Lipinski definition) is 1. The molecule has 1 aromatic carbocycles. The smallest absolute Gasteiger partial charge is 0.335 e. The van der Waals surface area contributed by atoms with Gasteiger partial charge in [-0.2, -0.15) is 0 Å². The van der Waals surface area contributed by atoms with Crippen LogP contribution >= 0.6 is 0 Å². The second kappa shape index (κ2) is 3.81. The summed E-state index contributed by atoms with van der Waals surface area (Å²) in [7, 11) is 1.46. The van der Waals surface area contributed by atoms with E-state index in [1.54, 1.807) is 12.1 Å². The Bertz CT molecular complexity index is 500. The Labute approximate surface area is 92.2 Å². The highest BCUT2D eigenvalue weighted by Crippen LogP contribution is 2.29. The maximum Gasteiger partial charge on any atom is 0.335 e. The van der Waals surface area contributed by atoms with Crippen molar-refractivity contribution in [1.82, 2.24) is 0 Å². The molecule has 1 aliphatic carbocycles. The zero-order chi connectivity index (χ0) is 11.7. The minimum absolute atomic E-state index is 0.00567. The molecule has 0 saturated carbocycles. The molecule has 0 spiro atoms. The first-order valence-electron chi connectivity index (χ1n) is 4.77. The quantitative estimate of drug-likeness (QED) is 0.817. The largest absolute Gasteiger partial charge is 0.496 e. The van der Waals surface area contributed by atoms with E-state index >= 15 is 0 Å². The molecule has 0 saturated heterocycles. The summed E-state index contributed by atoms with van der Waals surface area (Å²) in [5, 5.41) is 8.91. The molecule has 0 radical (unpaired) electrons. The van der Waals surface area contributed by atoms with Crippen LogP contribution in [0.5, 0.6) is 5.75 Å². The lowest BCUT2D eigenvalue weighted by Gasteiger charge is -2.14. The van der Waals surface area contributed by atoms with Crippen molar-refractivity contribution in [2.24, 2.45) is 0 Å². The molecule has 4 nitrogen and oxygen atoms in total. The zero-order valence-corrected chi connectivity index (χ0v) is 8.69. The molecule has 82 valence electrons. The lowest BCUT2D eigenvalue weighted by Crippen LogP contribution is -2.09. The van der Waals surface area contributed by atoms with Crippen LogP contribution in [-0.2, 0) is 11.2 Å². The van der Waals surface area contributed by atoms with Crippen molar-refractivity contribution in [3.8, 4) is 5.75 Å². The minimum Gasteiger partial charge on any atom is -0.496 e. The number of hydrogen-bond acceptors (Lipinski definition) is 3. The number of carbonyl (C=O) groups excluding carboxylic acids is 1. The summed E-state index contributed by atoms with van der Waals surface area (Å²) in [6, 6.07) is 2.98. The van der Waals surface area contributed by atoms with E-state index in [2.05, 4.69) is 0 Å². The van der Waals surface area contributed by atoms with E-state index in [1.165, 1.54) is 19.3 Å². The molecular weight excluding hydrogens is 208 g/mol. The Morgan fingerprint density at radius 1 is 1.38 bits per heavy atom. The van der Waals surface area contributed by atoms with Gasteiger partial charge in [-0.15, -0.1) is 0 Å². The van der Waals surface area contributed by atoms with E-state index in [-0.39, 0.29) is 17.8 Å². The van der Waals surface area contributed by atoms with Crippen molar-refractivity contribution < 1.29 is 19.4 Å². The Morgan fingerprint density at radius 2 is 2.12 bits per heavy atom. The molecule has 1 N–H and O–H groups in total. The van der Waals surface area contributed by atoms with Crippen molar-refractivity contribution >= 4 is 17.8 Å². The molecule has 1 aliphatic rings. The summed E-state index contributed by atoms with van der Waals surface area (Å²) in [4.78, 5) is 22.1. The van der Waals surface area contributed by atoms with Crippen molar-refractivity contribution in [3.05, 3.63) is 34.9 Å². The summed E-state index contributed by atoms with van der Waals surface area (Å²) in [6.45, 7) is 0. The average Bonchev–Trinajstić information content (AvgIpc) is 2.27. The Morgan fingerprint density at radius 3 is 2.75 bits per heavy atom. The first-order chi connectivity index (χ1) is 7.61. The highest BCUT2D eigenvalue weighted by molar-refractivity contribution is 6.00. The van der Waals surface area contributed by atoms with E-state index in [9.17, 15) is 9.59 Å². The van der Waals surface area contributed by atoms with Crippen LogP contribution in [0.15, 0.2) is 18.2 Å². The van der Waals surface area contributed by atoms with E-state index in [0.29, 0.717) is 5.75 Å². The molecule has 4 heteroatoms. The zero-order valence-electron chi connectivity index (χ0n) is 8.69. The van der Waals surface area contributed by atoms with Crippen molar-refractivity contribution in [2.45, 2.75) is 6.42 Å². The summed E-state index contributed by atoms with van der Waals surface area (Å²) in [6.07, 6.45) is 3.33. The van der Waals surface area contributed by atoms with Crippen LogP contribution < -0.4 is 4.74 Å². The number of fused-ring (bicyclic) bond motifs is 1. The lowest BCUT2D eigenvalue weighted by molar-refractivity contribution is -0.114. The number of ether oxygens (including phenoxy) is 1. The molecular formula is C12H10O4. The van der Waals surface area contributed by atoms with Gasteiger partial charge < -0.3 is 9.84 Å².